The summed E-state index contributed by atoms with van der Waals surface area (Å²) in [6, 6.07) is 14.1. The van der Waals surface area contributed by atoms with E-state index in [1.54, 1.807) is 0 Å². The van der Waals surface area contributed by atoms with Crippen molar-refractivity contribution in [3.8, 4) is 5.75 Å². The van der Waals surface area contributed by atoms with Gasteiger partial charge < -0.3 is 4.74 Å². The number of hydrogen-bond donors (Lipinski definition) is 0. The minimum absolute atomic E-state index is 0.0269. The second-order valence-corrected chi connectivity index (χ2v) is 7.69. The Morgan fingerprint density at radius 3 is 2.10 bits per heavy atom. The Morgan fingerprint density at radius 2 is 1.47 bits per heavy atom. The third-order valence-corrected chi connectivity index (χ3v) is 6.24. The predicted molar refractivity (Wildman–Crippen MR) is 126 cm³/mol. The lowest BCUT2D eigenvalue weighted by Gasteiger charge is -2.30. The molecule has 2 aromatic carbocycles. The first kappa shape index (κ1) is 22.3. The van der Waals surface area contributed by atoms with E-state index in [2.05, 4.69) is 57.4 Å². The number of aromatic nitrogens is 1. The molecule has 0 N–H and O–H groups in total. The molecule has 0 amide bonds. The summed E-state index contributed by atoms with van der Waals surface area (Å²) in [5, 5.41) is 2.77. The van der Waals surface area contributed by atoms with Crippen LogP contribution < -0.4 is 10.3 Å². The first-order valence-electron chi connectivity index (χ1n) is 11.2. The average Bonchev–Trinajstić information content (AvgIpc) is 2.76. The van der Waals surface area contributed by atoms with Gasteiger partial charge in [-0.2, -0.15) is 0 Å². The van der Waals surface area contributed by atoms with Gasteiger partial charge >= 0.3 is 0 Å². The maximum Gasteiger partial charge on any atom is 0.260 e. The molecule has 0 fully saturated rings. The molecule has 5 heteroatoms. The standard InChI is InChI=1S/C25H35N3O2/c1-7-26(8-2)18(5)28-24-14-12-11-13-22(24)21-16-15-20(17-23(21)25(28)29)30-19(6)27(9-3)10-4/h11-19H,7-10H2,1-6H3. The van der Waals surface area contributed by atoms with Gasteiger partial charge in [0.15, 0.2) is 0 Å². The lowest BCUT2D eigenvalue weighted by Crippen LogP contribution is -2.37. The number of para-hydroxylation sites is 1. The van der Waals surface area contributed by atoms with Gasteiger partial charge in [0.25, 0.3) is 5.56 Å². The van der Waals surface area contributed by atoms with Crippen molar-refractivity contribution >= 4 is 21.7 Å². The first-order valence-corrected chi connectivity index (χ1v) is 11.2. The van der Waals surface area contributed by atoms with E-state index in [4.69, 9.17) is 4.74 Å². The normalized spacial score (nSPS) is 14.0. The molecule has 3 rings (SSSR count). The Bertz CT molecular complexity index is 1050. The molecule has 5 nitrogen and oxygen atoms in total. The Kier molecular flexibility index (Phi) is 7.16. The van der Waals surface area contributed by atoms with E-state index in [1.165, 1.54) is 0 Å². The minimum Gasteiger partial charge on any atom is -0.475 e. The molecule has 1 aromatic heterocycles. The molecule has 162 valence electrons. The summed E-state index contributed by atoms with van der Waals surface area (Å²) >= 11 is 0. The topological polar surface area (TPSA) is 37.7 Å². The largest absolute Gasteiger partial charge is 0.475 e. The van der Waals surface area contributed by atoms with Crippen LogP contribution in [-0.2, 0) is 0 Å². The summed E-state index contributed by atoms with van der Waals surface area (Å²) < 4.78 is 8.12. The van der Waals surface area contributed by atoms with Gasteiger partial charge in [-0.15, -0.1) is 0 Å². The number of rotatable bonds is 9. The van der Waals surface area contributed by atoms with Gasteiger partial charge in [-0.05, 0) is 69.7 Å². The van der Waals surface area contributed by atoms with Crippen LogP contribution in [0, 0.1) is 0 Å². The SMILES string of the molecule is CCN(CC)C(C)Oc1ccc2c(c1)c(=O)n(C(C)N(CC)CC)c1ccccc21. The third-order valence-electron chi connectivity index (χ3n) is 6.24. The highest BCUT2D eigenvalue weighted by atomic mass is 16.5. The third kappa shape index (κ3) is 4.09. The molecule has 3 aromatic rings. The zero-order valence-corrected chi connectivity index (χ0v) is 19.2. The Labute approximate surface area is 179 Å². The van der Waals surface area contributed by atoms with E-state index < -0.39 is 0 Å². The van der Waals surface area contributed by atoms with E-state index in [-0.39, 0.29) is 18.0 Å². The van der Waals surface area contributed by atoms with E-state index >= 15 is 0 Å². The van der Waals surface area contributed by atoms with Crippen LogP contribution in [0.15, 0.2) is 47.3 Å². The zero-order valence-electron chi connectivity index (χ0n) is 19.2. The van der Waals surface area contributed by atoms with Crippen LogP contribution in [0.4, 0.5) is 0 Å². The van der Waals surface area contributed by atoms with Crippen LogP contribution >= 0.6 is 0 Å². The van der Waals surface area contributed by atoms with Crippen LogP contribution in [0.3, 0.4) is 0 Å². The van der Waals surface area contributed by atoms with Crippen LogP contribution in [-0.4, -0.2) is 46.8 Å². The maximum atomic E-state index is 13.7. The van der Waals surface area contributed by atoms with Crippen LogP contribution in [0.5, 0.6) is 5.75 Å². The van der Waals surface area contributed by atoms with Crippen molar-refractivity contribution in [2.45, 2.75) is 53.9 Å². The van der Waals surface area contributed by atoms with Crippen molar-refractivity contribution in [2.75, 3.05) is 26.2 Å². The molecule has 0 saturated carbocycles. The molecule has 2 unspecified atom stereocenters. The van der Waals surface area contributed by atoms with E-state index in [0.717, 1.165) is 48.2 Å². The maximum absolute atomic E-state index is 13.7. The Hall–Kier alpha value is -2.37. The fourth-order valence-corrected chi connectivity index (χ4v) is 4.45. The fourth-order valence-electron chi connectivity index (χ4n) is 4.45. The number of ether oxygens (including phenoxy) is 1. The number of benzene rings is 2. The summed E-state index contributed by atoms with van der Waals surface area (Å²) in [6.07, 6.45) is -0.0734. The van der Waals surface area contributed by atoms with Crippen molar-refractivity contribution in [1.29, 1.82) is 0 Å². The summed E-state index contributed by atoms with van der Waals surface area (Å²) in [6.45, 7) is 16.3. The van der Waals surface area contributed by atoms with E-state index in [9.17, 15) is 4.79 Å². The smallest absolute Gasteiger partial charge is 0.260 e. The zero-order chi connectivity index (χ0) is 21.8. The Balaban J connectivity index is 2.19. The number of hydrogen-bond acceptors (Lipinski definition) is 4. The minimum atomic E-state index is -0.0465. The van der Waals surface area contributed by atoms with E-state index in [1.807, 2.05) is 41.0 Å². The molecule has 2 atom stereocenters. The molecule has 0 aliphatic carbocycles. The molecule has 1 heterocycles. The van der Waals surface area contributed by atoms with Gasteiger partial charge in [0, 0.05) is 5.39 Å². The highest BCUT2D eigenvalue weighted by molar-refractivity contribution is 6.06. The van der Waals surface area contributed by atoms with Crippen LogP contribution in [0.25, 0.3) is 21.7 Å². The molecule has 0 spiro atoms. The second-order valence-electron chi connectivity index (χ2n) is 7.69. The van der Waals surface area contributed by atoms with E-state index in [0.29, 0.717) is 5.39 Å². The Morgan fingerprint density at radius 1 is 0.833 bits per heavy atom. The lowest BCUT2D eigenvalue weighted by atomic mass is 10.1. The van der Waals surface area contributed by atoms with Crippen LogP contribution in [0.1, 0.15) is 47.7 Å². The monoisotopic (exact) mass is 409 g/mol. The van der Waals surface area contributed by atoms with Gasteiger partial charge in [-0.3, -0.25) is 19.2 Å². The number of fused-ring (bicyclic) bond motifs is 3. The van der Waals surface area contributed by atoms with Crippen molar-refractivity contribution in [3.63, 3.8) is 0 Å². The van der Waals surface area contributed by atoms with Crippen molar-refractivity contribution < 1.29 is 4.74 Å². The molecule has 0 saturated heterocycles. The molecular formula is C25H35N3O2. The fraction of sp³-hybridized carbons (Fsp3) is 0.480. The van der Waals surface area contributed by atoms with Gasteiger partial charge in [0.2, 0.25) is 0 Å². The molecular weight excluding hydrogens is 374 g/mol. The molecule has 0 bridgehead atoms. The molecule has 0 aliphatic rings. The first-order chi connectivity index (χ1) is 14.5. The quantitative estimate of drug-likeness (QED) is 0.365. The van der Waals surface area contributed by atoms with Gasteiger partial charge in [-0.1, -0.05) is 45.9 Å². The van der Waals surface area contributed by atoms with Gasteiger partial charge in [-0.25, -0.2) is 0 Å². The van der Waals surface area contributed by atoms with Gasteiger partial charge in [0.05, 0.1) is 17.1 Å². The average molecular weight is 410 g/mol. The summed E-state index contributed by atoms with van der Waals surface area (Å²) in [5.74, 6) is 0.733. The molecule has 30 heavy (non-hydrogen) atoms. The van der Waals surface area contributed by atoms with Gasteiger partial charge in [0.1, 0.15) is 12.0 Å². The second kappa shape index (κ2) is 9.63. The summed E-state index contributed by atoms with van der Waals surface area (Å²) in [5.41, 5.74) is 1.00. The predicted octanol–water partition coefficient (Wildman–Crippen LogP) is 5.08. The van der Waals surface area contributed by atoms with Crippen LogP contribution in [0.2, 0.25) is 0 Å². The highest BCUT2D eigenvalue weighted by Crippen LogP contribution is 2.28. The lowest BCUT2D eigenvalue weighted by molar-refractivity contribution is 0.0482. The summed E-state index contributed by atoms with van der Waals surface area (Å²) in [7, 11) is 0. The molecule has 0 aliphatic heterocycles. The van der Waals surface area contributed by atoms with Crippen molar-refractivity contribution in [3.05, 3.63) is 52.8 Å². The van der Waals surface area contributed by atoms with Crippen molar-refractivity contribution in [1.82, 2.24) is 14.4 Å². The number of nitrogens with zero attached hydrogens (tertiary/aromatic N) is 3. The molecule has 0 radical (unpaired) electrons. The summed E-state index contributed by atoms with van der Waals surface area (Å²) in [4.78, 5) is 18.2. The highest BCUT2D eigenvalue weighted by Gasteiger charge is 2.19. The number of pyridine rings is 1. The van der Waals surface area contributed by atoms with Crippen molar-refractivity contribution in [2.24, 2.45) is 0 Å².